The summed E-state index contributed by atoms with van der Waals surface area (Å²) in [6.45, 7) is 5.54. The van der Waals surface area contributed by atoms with Crippen LogP contribution in [0.2, 0.25) is 0 Å². The highest BCUT2D eigenvalue weighted by Gasteiger charge is 2.26. The van der Waals surface area contributed by atoms with Gasteiger partial charge in [0, 0.05) is 13.2 Å². The van der Waals surface area contributed by atoms with Gasteiger partial charge in [-0.2, -0.15) is 0 Å². The van der Waals surface area contributed by atoms with E-state index in [0.717, 1.165) is 47.9 Å². The number of benzene rings is 4. The van der Waals surface area contributed by atoms with E-state index < -0.39 is 7.82 Å². The SMILES string of the molecule is CCCCOC(c1ccccc1)c1ccc(OP(=O)(O)Oc2ccc(C(OCCCC)c3ccccc3)cc2)cc1. The lowest BCUT2D eigenvalue weighted by molar-refractivity contribution is 0.0777. The first kappa shape index (κ1) is 30.5. The lowest BCUT2D eigenvalue weighted by atomic mass is 10.0. The van der Waals surface area contributed by atoms with Crippen molar-refractivity contribution in [1.82, 2.24) is 0 Å². The van der Waals surface area contributed by atoms with Gasteiger partial charge >= 0.3 is 7.82 Å². The Morgan fingerprint density at radius 2 is 0.902 bits per heavy atom. The van der Waals surface area contributed by atoms with E-state index in [0.29, 0.717) is 13.2 Å². The topological polar surface area (TPSA) is 74.2 Å². The Morgan fingerprint density at radius 3 is 1.24 bits per heavy atom. The summed E-state index contributed by atoms with van der Waals surface area (Å²) in [7, 11) is -4.44. The Hall–Kier alpha value is -3.41. The van der Waals surface area contributed by atoms with E-state index in [-0.39, 0.29) is 23.7 Å². The Bertz CT molecular complexity index is 1240. The van der Waals surface area contributed by atoms with E-state index in [1.807, 2.05) is 84.9 Å². The van der Waals surface area contributed by atoms with Crippen molar-refractivity contribution in [2.45, 2.75) is 51.7 Å². The summed E-state index contributed by atoms with van der Waals surface area (Å²) in [5.41, 5.74) is 3.94. The molecule has 0 aliphatic rings. The lowest BCUT2D eigenvalue weighted by Gasteiger charge is -2.20. The quantitative estimate of drug-likeness (QED) is 0.106. The van der Waals surface area contributed by atoms with Gasteiger partial charge in [-0.3, -0.25) is 4.89 Å². The largest absolute Gasteiger partial charge is 0.584 e. The number of rotatable bonds is 16. The van der Waals surface area contributed by atoms with Crippen LogP contribution in [0.25, 0.3) is 0 Å². The molecule has 0 amide bonds. The molecule has 0 saturated heterocycles. The number of phosphoric acid groups is 1. The minimum absolute atomic E-state index is 0.227. The summed E-state index contributed by atoms with van der Waals surface area (Å²) < 4.78 is 36.0. The molecule has 0 fully saturated rings. The van der Waals surface area contributed by atoms with Crippen molar-refractivity contribution in [3.05, 3.63) is 131 Å². The van der Waals surface area contributed by atoms with Crippen molar-refractivity contribution in [3.8, 4) is 11.5 Å². The molecule has 0 spiro atoms. The van der Waals surface area contributed by atoms with E-state index in [2.05, 4.69) is 13.8 Å². The fraction of sp³-hybridized carbons (Fsp3) is 0.294. The van der Waals surface area contributed by atoms with Gasteiger partial charge in [-0.05, 0) is 59.4 Å². The zero-order valence-electron chi connectivity index (χ0n) is 23.7. The lowest BCUT2D eigenvalue weighted by Crippen LogP contribution is -2.08. The molecule has 2 unspecified atom stereocenters. The third-order valence-electron chi connectivity index (χ3n) is 6.58. The van der Waals surface area contributed by atoms with E-state index >= 15 is 0 Å². The predicted molar refractivity (Wildman–Crippen MR) is 162 cm³/mol. The van der Waals surface area contributed by atoms with E-state index in [9.17, 15) is 9.46 Å². The normalized spacial score (nSPS) is 14.1. The second kappa shape index (κ2) is 15.6. The van der Waals surface area contributed by atoms with E-state index in [1.54, 1.807) is 24.3 Å². The molecule has 0 aliphatic carbocycles. The van der Waals surface area contributed by atoms with Crippen molar-refractivity contribution in [2.75, 3.05) is 13.2 Å². The molecular formula is C34H39O6P. The number of hydrogen-bond acceptors (Lipinski definition) is 5. The fourth-order valence-electron chi connectivity index (χ4n) is 4.41. The third-order valence-corrected chi connectivity index (χ3v) is 7.46. The first-order valence-corrected chi connectivity index (χ1v) is 15.7. The van der Waals surface area contributed by atoms with Crippen molar-refractivity contribution in [2.24, 2.45) is 0 Å². The summed E-state index contributed by atoms with van der Waals surface area (Å²) >= 11 is 0. The van der Waals surface area contributed by atoms with Gasteiger partial charge in [0.1, 0.15) is 23.7 Å². The summed E-state index contributed by atoms with van der Waals surface area (Å²) in [5.74, 6) is 0.454. The maximum Gasteiger partial charge on any atom is 0.584 e. The molecule has 0 bridgehead atoms. The summed E-state index contributed by atoms with van der Waals surface area (Å²) in [4.78, 5) is 10.5. The van der Waals surface area contributed by atoms with Crippen LogP contribution in [0.15, 0.2) is 109 Å². The summed E-state index contributed by atoms with van der Waals surface area (Å²) in [6, 6.07) is 34.0. The van der Waals surface area contributed by atoms with Crippen LogP contribution in [0.1, 0.15) is 74.0 Å². The zero-order valence-corrected chi connectivity index (χ0v) is 24.6. The fourth-order valence-corrected chi connectivity index (χ4v) is 5.22. The van der Waals surface area contributed by atoms with Crippen LogP contribution in [0, 0.1) is 0 Å². The van der Waals surface area contributed by atoms with Gasteiger partial charge in [0.05, 0.1) is 0 Å². The van der Waals surface area contributed by atoms with E-state index in [1.165, 1.54) is 0 Å². The second-order valence-electron chi connectivity index (χ2n) is 9.82. The Morgan fingerprint density at radius 1 is 0.561 bits per heavy atom. The minimum Gasteiger partial charge on any atom is -0.395 e. The number of phosphoric ester groups is 1. The van der Waals surface area contributed by atoms with Gasteiger partial charge in [-0.1, -0.05) is 112 Å². The van der Waals surface area contributed by atoms with Crippen LogP contribution in [-0.4, -0.2) is 18.1 Å². The molecule has 4 rings (SSSR count). The average molecular weight is 575 g/mol. The first-order valence-electron chi connectivity index (χ1n) is 14.2. The van der Waals surface area contributed by atoms with Crippen LogP contribution < -0.4 is 9.05 Å². The zero-order chi connectivity index (χ0) is 28.9. The smallest absolute Gasteiger partial charge is 0.395 e. The molecule has 7 heteroatoms. The predicted octanol–water partition coefficient (Wildman–Crippen LogP) is 9.06. The first-order chi connectivity index (χ1) is 20.0. The molecule has 6 nitrogen and oxygen atoms in total. The monoisotopic (exact) mass is 574 g/mol. The molecule has 216 valence electrons. The van der Waals surface area contributed by atoms with Crippen molar-refractivity contribution >= 4 is 7.82 Å². The molecule has 2 atom stereocenters. The average Bonchev–Trinajstić information content (AvgIpc) is 2.99. The van der Waals surface area contributed by atoms with Crippen LogP contribution >= 0.6 is 7.82 Å². The van der Waals surface area contributed by atoms with Crippen LogP contribution in [0.5, 0.6) is 11.5 Å². The molecule has 0 aromatic heterocycles. The number of unbranched alkanes of at least 4 members (excludes halogenated alkanes) is 2. The molecule has 0 radical (unpaired) electrons. The summed E-state index contributed by atoms with van der Waals surface area (Å²) in [6.07, 6.45) is 3.55. The van der Waals surface area contributed by atoms with Crippen LogP contribution in [0.4, 0.5) is 0 Å². The van der Waals surface area contributed by atoms with Crippen LogP contribution in [0.3, 0.4) is 0 Å². The van der Waals surface area contributed by atoms with Gasteiger partial charge < -0.3 is 18.5 Å². The minimum atomic E-state index is -4.44. The van der Waals surface area contributed by atoms with Gasteiger partial charge in [0.15, 0.2) is 0 Å². The highest BCUT2D eigenvalue weighted by Crippen LogP contribution is 2.45. The standard InChI is InChI=1S/C34H39O6P/c1-3-5-25-37-33(27-13-9-7-10-14-27)29-17-21-31(22-18-29)39-41(35,36)40-32-23-19-30(20-24-32)34(38-26-6-4-2)28-15-11-8-12-16-28/h7-24,33-34H,3-6,25-26H2,1-2H3,(H,35,36). The second-order valence-corrected chi connectivity index (χ2v) is 11.1. The van der Waals surface area contributed by atoms with Gasteiger partial charge in [0.25, 0.3) is 0 Å². The molecule has 0 aliphatic heterocycles. The molecule has 4 aromatic rings. The highest BCUT2D eigenvalue weighted by molar-refractivity contribution is 7.48. The van der Waals surface area contributed by atoms with Gasteiger partial charge in [-0.15, -0.1) is 0 Å². The van der Waals surface area contributed by atoms with Crippen molar-refractivity contribution in [1.29, 1.82) is 0 Å². The summed E-state index contributed by atoms with van der Waals surface area (Å²) in [5, 5.41) is 0. The van der Waals surface area contributed by atoms with Crippen LogP contribution in [-0.2, 0) is 14.0 Å². The van der Waals surface area contributed by atoms with Gasteiger partial charge in [-0.25, -0.2) is 4.57 Å². The molecular weight excluding hydrogens is 535 g/mol. The van der Waals surface area contributed by atoms with Crippen molar-refractivity contribution < 1.29 is 28.0 Å². The Labute approximate surface area is 243 Å². The van der Waals surface area contributed by atoms with Gasteiger partial charge in [0.2, 0.25) is 0 Å². The Kier molecular flexibility index (Phi) is 11.6. The van der Waals surface area contributed by atoms with Crippen molar-refractivity contribution in [3.63, 3.8) is 0 Å². The Balaban J connectivity index is 1.42. The number of ether oxygens (including phenoxy) is 2. The maximum absolute atomic E-state index is 12.8. The third kappa shape index (κ3) is 9.31. The molecule has 1 N–H and O–H groups in total. The van der Waals surface area contributed by atoms with E-state index in [4.69, 9.17) is 18.5 Å². The highest BCUT2D eigenvalue weighted by atomic mass is 31.2. The molecule has 0 heterocycles. The molecule has 0 saturated carbocycles. The molecule has 41 heavy (non-hydrogen) atoms. The maximum atomic E-state index is 12.8. The number of hydrogen-bond donors (Lipinski definition) is 1. The molecule has 4 aromatic carbocycles.